The minimum absolute atomic E-state index is 0.149. The van der Waals surface area contributed by atoms with Crippen LogP contribution in [0.1, 0.15) is 18.1 Å². The van der Waals surface area contributed by atoms with Gasteiger partial charge in [-0.05, 0) is 17.7 Å². The van der Waals surface area contributed by atoms with Crippen LogP contribution in [0, 0.1) is 0 Å². The van der Waals surface area contributed by atoms with Crippen LogP contribution in [0.5, 0.6) is 5.75 Å². The average Bonchev–Trinajstić information content (AvgIpc) is 2.36. The summed E-state index contributed by atoms with van der Waals surface area (Å²) in [5.74, 6) is -1.16. The van der Waals surface area contributed by atoms with Crippen molar-refractivity contribution in [1.82, 2.24) is 0 Å². The molecule has 1 aromatic carbocycles. The maximum atomic E-state index is 11.9. The lowest BCUT2D eigenvalue weighted by Gasteiger charge is -2.17. The quantitative estimate of drug-likeness (QED) is 0.806. The molecule has 0 saturated carbocycles. The number of methoxy groups -OCH3 is 1. The van der Waals surface area contributed by atoms with Gasteiger partial charge in [-0.3, -0.25) is 4.79 Å². The summed E-state index contributed by atoms with van der Waals surface area (Å²) in [4.78, 5) is 10.9. The van der Waals surface area contributed by atoms with E-state index in [2.05, 4.69) is 9.47 Å². The van der Waals surface area contributed by atoms with Gasteiger partial charge in [-0.15, -0.1) is 13.2 Å². The van der Waals surface area contributed by atoms with Gasteiger partial charge in [0.05, 0.1) is 19.6 Å². The normalized spacial score (nSPS) is 14.5. The molecule has 0 fully saturated rings. The Bertz CT molecular complexity index is 443. The first-order chi connectivity index (χ1) is 9.23. The Hall–Kier alpha value is -1.80. The van der Waals surface area contributed by atoms with Crippen LogP contribution in [-0.4, -0.2) is 35.8 Å². The zero-order valence-electron chi connectivity index (χ0n) is 10.4. The van der Waals surface area contributed by atoms with E-state index in [4.69, 9.17) is 0 Å². The third-order valence-electron chi connectivity index (χ3n) is 2.42. The van der Waals surface area contributed by atoms with Crippen LogP contribution >= 0.6 is 0 Å². The van der Waals surface area contributed by atoms with Crippen molar-refractivity contribution >= 4 is 5.97 Å². The maximum Gasteiger partial charge on any atom is 0.573 e. The van der Waals surface area contributed by atoms with Gasteiger partial charge in [0, 0.05) is 0 Å². The molecule has 0 amide bonds. The molecule has 0 bridgehead atoms. The Kier molecular flexibility index (Phi) is 5.34. The number of esters is 1. The fraction of sp³-hybridized carbons (Fsp3) is 0.417. The lowest BCUT2D eigenvalue weighted by molar-refractivity contribution is -0.274. The van der Waals surface area contributed by atoms with Crippen molar-refractivity contribution < 1.29 is 37.7 Å². The smallest absolute Gasteiger partial charge is 0.469 e. The number of alkyl halides is 3. The van der Waals surface area contributed by atoms with Gasteiger partial charge in [0.2, 0.25) is 0 Å². The topological polar surface area (TPSA) is 76.0 Å². The van der Waals surface area contributed by atoms with Crippen LogP contribution in [0.4, 0.5) is 13.2 Å². The van der Waals surface area contributed by atoms with Crippen LogP contribution in [0.15, 0.2) is 24.3 Å². The minimum Gasteiger partial charge on any atom is -0.469 e. The minimum atomic E-state index is -4.80. The molecule has 2 atom stereocenters. The highest BCUT2D eigenvalue weighted by Crippen LogP contribution is 2.26. The van der Waals surface area contributed by atoms with Crippen molar-refractivity contribution in [1.29, 1.82) is 0 Å². The van der Waals surface area contributed by atoms with Crippen LogP contribution in [0.2, 0.25) is 0 Å². The molecule has 20 heavy (non-hydrogen) atoms. The van der Waals surface area contributed by atoms with Gasteiger partial charge in [-0.1, -0.05) is 12.1 Å². The third-order valence-corrected chi connectivity index (χ3v) is 2.42. The molecule has 0 aliphatic rings. The molecule has 0 saturated heterocycles. The zero-order valence-corrected chi connectivity index (χ0v) is 10.4. The largest absolute Gasteiger partial charge is 0.573 e. The predicted octanol–water partition coefficient (Wildman–Crippen LogP) is 1.54. The summed E-state index contributed by atoms with van der Waals surface area (Å²) in [5.41, 5.74) is 0.149. The van der Waals surface area contributed by atoms with E-state index in [1.807, 2.05) is 0 Å². The number of hydrogen-bond acceptors (Lipinski definition) is 5. The summed E-state index contributed by atoms with van der Waals surface area (Å²) in [7, 11) is 1.13. The van der Waals surface area contributed by atoms with E-state index in [0.29, 0.717) is 0 Å². The number of aliphatic hydroxyl groups is 2. The second-order valence-electron chi connectivity index (χ2n) is 3.91. The van der Waals surface area contributed by atoms with Gasteiger partial charge < -0.3 is 19.7 Å². The van der Waals surface area contributed by atoms with E-state index >= 15 is 0 Å². The molecule has 1 aromatic rings. The molecule has 112 valence electrons. The van der Waals surface area contributed by atoms with E-state index in [1.165, 1.54) is 0 Å². The van der Waals surface area contributed by atoms with E-state index in [0.717, 1.165) is 31.4 Å². The average molecular weight is 294 g/mol. The van der Waals surface area contributed by atoms with Crippen molar-refractivity contribution in [2.75, 3.05) is 7.11 Å². The van der Waals surface area contributed by atoms with Crippen LogP contribution < -0.4 is 4.74 Å². The molecule has 0 aliphatic carbocycles. The molecule has 1 rings (SSSR count). The summed E-state index contributed by atoms with van der Waals surface area (Å²) >= 11 is 0. The van der Waals surface area contributed by atoms with Gasteiger partial charge in [0.1, 0.15) is 11.9 Å². The summed E-state index contributed by atoms with van der Waals surface area (Å²) in [6, 6.07) is 4.31. The fourth-order valence-electron chi connectivity index (χ4n) is 1.45. The molecule has 0 heterocycles. The third kappa shape index (κ3) is 5.06. The van der Waals surface area contributed by atoms with Crippen LogP contribution in [0.25, 0.3) is 0 Å². The monoisotopic (exact) mass is 294 g/mol. The molecular weight excluding hydrogens is 281 g/mol. The standard InChI is InChI=1S/C12H13F3O5/c1-19-10(17)6-9(16)11(18)7-2-4-8(5-3-7)20-12(13,14)15/h2-5,9,11,16,18H,6H2,1H3. The van der Waals surface area contributed by atoms with E-state index in [9.17, 15) is 28.2 Å². The van der Waals surface area contributed by atoms with Gasteiger partial charge >= 0.3 is 12.3 Å². The number of carbonyl (C=O) groups is 1. The lowest BCUT2D eigenvalue weighted by Crippen LogP contribution is -2.22. The summed E-state index contributed by atoms with van der Waals surface area (Å²) in [6.45, 7) is 0. The number of carbonyl (C=O) groups excluding carboxylic acids is 1. The first kappa shape index (κ1) is 16.3. The van der Waals surface area contributed by atoms with Gasteiger partial charge in [0.15, 0.2) is 0 Å². The molecule has 2 N–H and O–H groups in total. The number of rotatable bonds is 5. The Morgan fingerprint density at radius 2 is 1.80 bits per heavy atom. The van der Waals surface area contributed by atoms with E-state index in [-0.39, 0.29) is 5.56 Å². The van der Waals surface area contributed by atoms with Crippen molar-refractivity contribution in [2.45, 2.75) is 25.0 Å². The first-order valence-electron chi connectivity index (χ1n) is 5.51. The molecule has 0 aliphatic heterocycles. The number of hydrogen-bond donors (Lipinski definition) is 2. The van der Waals surface area contributed by atoms with Gasteiger partial charge in [-0.2, -0.15) is 0 Å². The van der Waals surface area contributed by atoms with Gasteiger partial charge in [-0.25, -0.2) is 0 Å². The predicted molar refractivity (Wildman–Crippen MR) is 60.7 cm³/mol. The number of halogens is 3. The molecular formula is C12H13F3O5. The van der Waals surface area contributed by atoms with Crippen LogP contribution in [-0.2, 0) is 9.53 Å². The highest BCUT2D eigenvalue weighted by molar-refractivity contribution is 5.69. The van der Waals surface area contributed by atoms with Crippen molar-refractivity contribution in [3.8, 4) is 5.75 Å². The Balaban J connectivity index is 2.70. The fourth-order valence-corrected chi connectivity index (χ4v) is 1.45. The first-order valence-corrected chi connectivity index (χ1v) is 5.51. The Morgan fingerprint density at radius 1 is 1.25 bits per heavy atom. The Morgan fingerprint density at radius 3 is 2.25 bits per heavy atom. The molecule has 8 heteroatoms. The highest BCUT2D eigenvalue weighted by atomic mass is 19.4. The second kappa shape index (κ2) is 6.58. The van der Waals surface area contributed by atoms with E-state index in [1.54, 1.807) is 0 Å². The lowest BCUT2D eigenvalue weighted by atomic mass is 10.0. The number of ether oxygens (including phenoxy) is 2. The second-order valence-corrected chi connectivity index (χ2v) is 3.91. The molecule has 0 spiro atoms. The summed E-state index contributed by atoms with van der Waals surface area (Å²) in [6.07, 6.45) is -8.07. The SMILES string of the molecule is COC(=O)CC(O)C(O)c1ccc(OC(F)(F)F)cc1. The number of aliphatic hydroxyl groups excluding tert-OH is 2. The molecule has 5 nitrogen and oxygen atoms in total. The van der Waals surface area contributed by atoms with Crippen molar-refractivity contribution in [3.05, 3.63) is 29.8 Å². The molecule has 2 unspecified atom stereocenters. The van der Waals surface area contributed by atoms with Crippen molar-refractivity contribution in [3.63, 3.8) is 0 Å². The van der Waals surface area contributed by atoms with Crippen LogP contribution in [0.3, 0.4) is 0 Å². The Labute approximate surface area is 112 Å². The molecule has 0 radical (unpaired) electrons. The maximum absolute atomic E-state index is 11.9. The van der Waals surface area contributed by atoms with E-state index < -0.39 is 36.7 Å². The van der Waals surface area contributed by atoms with Gasteiger partial charge in [0.25, 0.3) is 0 Å². The summed E-state index contributed by atoms with van der Waals surface area (Å²) in [5, 5.41) is 19.3. The zero-order chi connectivity index (χ0) is 15.3. The summed E-state index contributed by atoms with van der Waals surface area (Å²) < 4.78 is 43.8. The number of benzene rings is 1. The van der Waals surface area contributed by atoms with Crippen molar-refractivity contribution in [2.24, 2.45) is 0 Å². The highest BCUT2D eigenvalue weighted by Gasteiger charge is 2.31. The molecule has 0 aromatic heterocycles.